The lowest BCUT2D eigenvalue weighted by molar-refractivity contribution is 0.724. The Balaban J connectivity index is 2.00. The van der Waals surface area contributed by atoms with Crippen LogP contribution in [0.4, 0.5) is 5.82 Å². The highest BCUT2D eigenvalue weighted by atomic mass is 15.2. The Kier molecular flexibility index (Phi) is 2.46. The van der Waals surface area contributed by atoms with Crippen LogP contribution in [0.25, 0.3) is 11.0 Å². The number of aromatic amines is 1. The molecule has 1 saturated heterocycles. The Hall–Kier alpha value is -1.62. The van der Waals surface area contributed by atoms with Gasteiger partial charge in [0.05, 0.1) is 5.39 Å². The van der Waals surface area contributed by atoms with Crippen molar-refractivity contribution in [1.29, 1.82) is 0 Å². The zero-order chi connectivity index (χ0) is 10.8. The molecule has 0 atom stereocenters. The van der Waals surface area contributed by atoms with Crippen LogP contribution in [0.2, 0.25) is 0 Å². The van der Waals surface area contributed by atoms with Crippen LogP contribution in [0.1, 0.15) is 6.42 Å². The van der Waals surface area contributed by atoms with Crippen molar-refractivity contribution in [2.24, 2.45) is 0 Å². The SMILES string of the molecule is c1nc(N2CCCNCC2)c2cc[nH]c2n1. The van der Waals surface area contributed by atoms with E-state index in [1.165, 1.54) is 0 Å². The van der Waals surface area contributed by atoms with Crippen molar-refractivity contribution in [1.82, 2.24) is 20.3 Å². The molecule has 2 aromatic heterocycles. The maximum Gasteiger partial charge on any atom is 0.142 e. The number of H-pyrrole nitrogens is 1. The second-order valence-electron chi connectivity index (χ2n) is 4.03. The van der Waals surface area contributed by atoms with E-state index in [4.69, 9.17) is 0 Å². The van der Waals surface area contributed by atoms with E-state index in [2.05, 4.69) is 25.2 Å². The third-order valence-corrected chi connectivity index (χ3v) is 2.97. The minimum absolute atomic E-state index is 0.919. The van der Waals surface area contributed by atoms with Gasteiger partial charge in [-0.2, -0.15) is 0 Å². The number of aromatic nitrogens is 3. The van der Waals surface area contributed by atoms with Crippen LogP contribution in [0, 0.1) is 0 Å². The number of nitrogens with zero attached hydrogens (tertiary/aromatic N) is 3. The summed E-state index contributed by atoms with van der Waals surface area (Å²) in [5, 5.41) is 4.51. The van der Waals surface area contributed by atoms with Crippen LogP contribution in [0.3, 0.4) is 0 Å². The lowest BCUT2D eigenvalue weighted by Gasteiger charge is -2.21. The molecule has 0 amide bonds. The smallest absolute Gasteiger partial charge is 0.142 e. The molecule has 2 N–H and O–H groups in total. The summed E-state index contributed by atoms with van der Waals surface area (Å²) in [5.41, 5.74) is 0.919. The molecular formula is C11H15N5. The minimum atomic E-state index is 0.919. The summed E-state index contributed by atoms with van der Waals surface area (Å²) in [5.74, 6) is 1.05. The maximum atomic E-state index is 4.41. The third-order valence-electron chi connectivity index (χ3n) is 2.97. The van der Waals surface area contributed by atoms with Crippen LogP contribution in [-0.2, 0) is 0 Å². The average molecular weight is 217 g/mol. The van der Waals surface area contributed by atoms with Gasteiger partial charge < -0.3 is 15.2 Å². The molecule has 1 fully saturated rings. The van der Waals surface area contributed by atoms with Crippen molar-refractivity contribution >= 4 is 16.9 Å². The van der Waals surface area contributed by atoms with E-state index in [1.807, 2.05) is 12.3 Å². The second-order valence-corrected chi connectivity index (χ2v) is 4.03. The summed E-state index contributed by atoms with van der Waals surface area (Å²) >= 11 is 0. The molecule has 3 rings (SSSR count). The molecule has 1 aliphatic rings. The van der Waals surface area contributed by atoms with Gasteiger partial charge in [-0.1, -0.05) is 0 Å². The Morgan fingerprint density at radius 1 is 1.19 bits per heavy atom. The van der Waals surface area contributed by atoms with E-state index in [-0.39, 0.29) is 0 Å². The summed E-state index contributed by atoms with van der Waals surface area (Å²) in [4.78, 5) is 14.1. The molecule has 0 aliphatic carbocycles. The molecule has 3 heterocycles. The summed E-state index contributed by atoms with van der Waals surface area (Å²) in [6.07, 6.45) is 4.71. The first-order chi connectivity index (χ1) is 7.95. The van der Waals surface area contributed by atoms with Crippen LogP contribution in [0.5, 0.6) is 0 Å². The van der Waals surface area contributed by atoms with E-state index in [9.17, 15) is 0 Å². The first kappa shape index (κ1) is 9.59. The van der Waals surface area contributed by atoms with Crippen LogP contribution < -0.4 is 10.2 Å². The highest BCUT2D eigenvalue weighted by Gasteiger charge is 2.14. The third kappa shape index (κ3) is 1.63. The molecule has 0 spiro atoms. The Labute approximate surface area is 93.9 Å². The molecular weight excluding hydrogens is 202 g/mol. The Morgan fingerprint density at radius 3 is 3.19 bits per heavy atom. The lowest BCUT2D eigenvalue weighted by atomic mass is 10.3. The van der Waals surface area contributed by atoms with Crippen LogP contribution in [-0.4, -0.2) is 41.1 Å². The highest BCUT2D eigenvalue weighted by Crippen LogP contribution is 2.22. The number of hydrogen-bond acceptors (Lipinski definition) is 4. The largest absolute Gasteiger partial charge is 0.355 e. The van der Waals surface area contributed by atoms with Crippen molar-refractivity contribution in [3.8, 4) is 0 Å². The Bertz CT molecular complexity index is 470. The fraction of sp³-hybridized carbons (Fsp3) is 0.455. The average Bonchev–Trinajstić information content (AvgIpc) is 2.63. The predicted octanol–water partition coefficient (Wildman–Crippen LogP) is 0.758. The van der Waals surface area contributed by atoms with Gasteiger partial charge in [0.15, 0.2) is 0 Å². The van der Waals surface area contributed by atoms with E-state index in [1.54, 1.807) is 6.33 Å². The fourth-order valence-electron chi connectivity index (χ4n) is 2.17. The van der Waals surface area contributed by atoms with E-state index in [0.29, 0.717) is 0 Å². The molecule has 0 saturated carbocycles. The van der Waals surface area contributed by atoms with Gasteiger partial charge in [-0.3, -0.25) is 0 Å². The monoisotopic (exact) mass is 217 g/mol. The predicted molar refractivity (Wildman–Crippen MR) is 63.6 cm³/mol. The van der Waals surface area contributed by atoms with Crippen molar-refractivity contribution in [3.05, 3.63) is 18.6 Å². The summed E-state index contributed by atoms with van der Waals surface area (Å²) < 4.78 is 0. The molecule has 0 unspecified atom stereocenters. The van der Waals surface area contributed by atoms with Gasteiger partial charge in [0.2, 0.25) is 0 Å². The number of hydrogen-bond donors (Lipinski definition) is 2. The van der Waals surface area contributed by atoms with E-state index in [0.717, 1.165) is 49.5 Å². The zero-order valence-electron chi connectivity index (χ0n) is 9.11. The normalized spacial score (nSPS) is 17.6. The second kappa shape index (κ2) is 4.09. The van der Waals surface area contributed by atoms with E-state index >= 15 is 0 Å². The molecule has 0 aromatic carbocycles. The standard InChI is InChI=1S/C11H15N5/c1-3-12-5-7-16(6-1)11-9-2-4-13-10(9)14-8-15-11/h2,4,8,12H,1,3,5-7H2,(H,13,14,15). The molecule has 5 heteroatoms. The van der Waals surface area contributed by atoms with Crippen molar-refractivity contribution in [3.63, 3.8) is 0 Å². The molecule has 5 nitrogen and oxygen atoms in total. The molecule has 0 radical (unpaired) electrons. The summed E-state index contributed by atoms with van der Waals surface area (Å²) in [6.45, 7) is 4.19. The number of anilines is 1. The van der Waals surface area contributed by atoms with Gasteiger partial charge >= 0.3 is 0 Å². The van der Waals surface area contributed by atoms with Gasteiger partial charge in [-0.25, -0.2) is 9.97 Å². The zero-order valence-corrected chi connectivity index (χ0v) is 9.11. The van der Waals surface area contributed by atoms with Gasteiger partial charge in [-0.15, -0.1) is 0 Å². The van der Waals surface area contributed by atoms with Gasteiger partial charge in [0, 0.05) is 25.8 Å². The quantitative estimate of drug-likeness (QED) is 0.740. The maximum absolute atomic E-state index is 4.41. The first-order valence-corrected chi connectivity index (χ1v) is 5.69. The van der Waals surface area contributed by atoms with Gasteiger partial charge in [0.25, 0.3) is 0 Å². The van der Waals surface area contributed by atoms with Gasteiger partial charge in [0.1, 0.15) is 17.8 Å². The molecule has 0 bridgehead atoms. The van der Waals surface area contributed by atoms with Crippen molar-refractivity contribution in [2.75, 3.05) is 31.1 Å². The molecule has 84 valence electrons. The van der Waals surface area contributed by atoms with Crippen molar-refractivity contribution < 1.29 is 0 Å². The van der Waals surface area contributed by atoms with Gasteiger partial charge in [-0.05, 0) is 19.0 Å². The van der Waals surface area contributed by atoms with Crippen molar-refractivity contribution in [2.45, 2.75) is 6.42 Å². The summed E-state index contributed by atoms with van der Waals surface area (Å²) in [7, 11) is 0. The molecule has 16 heavy (non-hydrogen) atoms. The van der Waals surface area contributed by atoms with Crippen LogP contribution in [0.15, 0.2) is 18.6 Å². The topological polar surface area (TPSA) is 56.8 Å². The number of rotatable bonds is 1. The summed E-state index contributed by atoms with van der Waals surface area (Å²) in [6, 6.07) is 2.04. The molecule has 2 aromatic rings. The molecule has 1 aliphatic heterocycles. The van der Waals surface area contributed by atoms with Crippen LogP contribution >= 0.6 is 0 Å². The number of fused-ring (bicyclic) bond motifs is 1. The van der Waals surface area contributed by atoms with E-state index < -0.39 is 0 Å². The highest BCUT2D eigenvalue weighted by molar-refractivity contribution is 5.87. The number of nitrogens with one attached hydrogen (secondary N) is 2. The first-order valence-electron chi connectivity index (χ1n) is 5.69. The minimum Gasteiger partial charge on any atom is -0.355 e. The lowest BCUT2D eigenvalue weighted by Crippen LogP contribution is -2.28. The fourth-order valence-corrected chi connectivity index (χ4v) is 2.17. The Morgan fingerprint density at radius 2 is 2.19 bits per heavy atom.